The van der Waals surface area contributed by atoms with Crippen LogP contribution >= 0.6 is 27.3 Å². The number of carboxylic acids is 1. The van der Waals surface area contributed by atoms with Gasteiger partial charge in [-0.15, -0.1) is 11.3 Å². The molecular formula is C10H15BrN2O2S. The van der Waals surface area contributed by atoms with Gasteiger partial charge in [-0.3, -0.25) is 9.69 Å². The number of hydrogen-bond donors (Lipinski definition) is 2. The minimum absolute atomic E-state index is 0.168. The smallest absolute Gasteiger partial charge is 0.322 e. The maximum Gasteiger partial charge on any atom is 0.322 e. The highest BCUT2D eigenvalue weighted by Gasteiger charge is 2.30. The van der Waals surface area contributed by atoms with Crippen LogP contribution in [0.5, 0.6) is 0 Å². The molecule has 1 aromatic rings. The molecule has 0 fully saturated rings. The monoisotopic (exact) mass is 306 g/mol. The zero-order valence-corrected chi connectivity index (χ0v) is 11.8. The van der Waals surface area contributed by atoms with E-state index in [0.717, 1.165) is 9.35 Å². The molecule has 0 aliphatic heterocycles. The van der Waals surface area contributed by atoms with E-state index in [1.807, 2.05) is 30.4 Å². The van der Waals surface area contributed by atoms with Gasteiger partial charge >= 0.3 is 5.97 Å². The lowest BCUT2D eigenvalue weighted by atomic mass is 10.1. The van der Waals surface area contributed by atoms with Crippen molar-refractivity contribution < 1.29 is 9.90 Å². The molecule has 0 radical (unpaired) electrons. The van der Waals surface area contributed by atoms with E-state index in [1.54, 1.807) is 18.4 Å². The number of carboxylic acid groups (broad SMARTS) is 1. The first-order valence-corrected chi connectivity index (χ1v) is 6.45. The number of carbonyl (C=O) groups is 1. The summed E-state index contributed by atoms with van der Waals surface area (Å²) in [5.74, 6) is -0.842. The van der Waals surface area contributed by atoms with E-state index in [2.05, 4.69) is 21.2 Å². The predicted octanol–water partition coefficient (Wildman–Crippen LogP) is 1.79. The molecule has 0 bridgehead atoms. The van der Waals surface area contributed by atoms with Crippen LogP contribution in [0.2, 0.25) is 0 Å². The maximum atomic E-state index is 11.2. The first-order chi connectivity index (χ1) is 7.47. The lowest BCUT2D eigenvalue weighted by Gasteiger charge is -2.28. The van der Waals surface area contributed by atoms with Crippen LogP contribution in [0.3, 0.4) is 0 Å². The van der Waals surface area contributed by atoms with E-state index < -0.39 is 12.0 Å². The molecule has 1 heterocycles. The largest absolute Gasteiger partial charge is 0.480 e. The molecule has 0 aromatic carbocycles. The summed E-state index contributed by atoms with van der Waals surface area (Å²) in [6, 6.07) is 1.18. The fraction of sp³-hybridized carbons (Fsp3) is 0.500. The van der Waals surface area contributed by atoms with Crippen molar-refractivity contribution in [1.29, 1.82) is 0 Å². The molecule has 0 aliphatic rings. The van der Waals surface area contributed by atoms with Gasteiger partial charge in [0.05, 0.1) is 6.04 Å². The molecule has 0 saturated carbocycles. The molecular weight excluding hydrogens is 292 g/mol. The Labute approximate surface area is 107 Å². The Hall–Kier alpha value is -0.430. The number of likely N-dealkylation sites (N-methyl/N-ethyl adjacent to an activating group) is 2. The fourth-order valence-electron chi connectivity index (χ4n) is 1.62. The molecule has 0 spiro atoms. The van der Waals surface area contributed by atoms with Gasteiger partial charge in [0, 0.05) is 14.7 Å². The number of halogens is 1. The normalized spacial score (nSPS) is 15.1. The highest BCUT2D eigenvalue weighted by atomic mass is 79.9. The third-order valence-corrected chi connectivity index (χ3v) is 4.09. The van der Waals surface area contributed by atoms with Gasteiger partial charge in [-0.2, -0.15) is 0 Å². The summed E-state index contributed by atoms with van der Waals surface area (Å²) in [4.78, 5) is 14.1. The van der Waals surface area contributed by atoms with Crippen molar-refractivity contribution in [2.45, 2.75) is 12.1 Å². The second-order valence-corrected chi connectivity index (χ2v) is 5.54. The Morgan fingerprint density at radius 2 is 2.25 bits per heavy atom. The van der Waals surface area contributed by atoms with Crippen molar-refractivity contribution in [3.8, 4) is 0 Å². The number of hydrogen-bond acceptors (Lipinski definition) is 4. The van der Waals surface area contributed by atoms with E-state index in [-0.39, 0.29) is 6.04 Å². The van der Waals surface area contributed by atoms with Crippen LogP contribution < -0.4 is 5.32 Å². The Balaban J connectivity index is 3.03. The highest BCUT2D eigenvalue weighted by molar-refractivity contribution is 9.10. The van der Waals surface area contributed by atoms with Gasteiger partial charge in [-0.05, 0) is 43.1 Å². The van der Waals surface area contributed by atoms with Gasteiger partial charge in [-0.1, -0.05) is 0 Å². The van der Waals surface area contributed by atoms with Crippen LogP contribution in [0, 0.1) is 0 Å². The number of rotatable bonds is 5. The Kier molecular flexibility index (Phi) is 4.91. The van der Waals surface area contributed by atoms with E-state index in [1.165, 1.54) is 0 Å². The van der Waals surface area contributed by atoms with Crippen LogP contribution in [0.25, 0.3) is 0 Å². The fourth-order valence-corrected chi connectivity index (χ4v) is 3.29. The SMILES string of the molecule is CNC(C(=O)O)C(c1cc(Br)cs1)N(C)C. The summed E-state index contributed by atoms with van der Waals surface area (Å²) >= 11 is 4.94. The van der Waals surface area contributed by atoms with Crippen LogP contribution in [0.15, 0.2) is 15.9 Å². The van der Waals surface area contributed by atoms with Crippen LogP contribution in [0.1, 0.15) is 10.9 Å². The Bertz CT molecular complexity index is 367. The number of nitrogens with zero attached hydrogens (tertiary/aromatic N) is 1. The summed E-state index contributed by atoms with van der Waals surface area (Å²) in [5, 5.41) is 14.0. The lowest BCUT2D eigenvalue weighted by Crippen LogP contribution is -2.44. The first kappa shape index (κ1) is 13.6. The molecule has 0 amide bonds. The minimum atomic E-state index is -0.842. The average Bonchev–Trinajstić information content (AvgIpc) is 2.59. The topological polar surface area (TPSA) is 52.6 Å². The zero-order valence-electron chi connectivity index (χ0n) is 9.40. The van der Waals surface area contributed by atoms with Crippen molar-refractivity contribution in [2.75, 3.05) is 21.1 Å². The summed E-state index contributed by atoms with van der Waals surface area (Å²) in [5.41, 5.74) is 0. The van der Waals surface area contributed by atoms with Gasteiger partial charge in [0.15, 0.2) is 0 Å². The van der Waals surface area contributed by atoms with Gasteiger partial charge < -0.3 is 10.4 Å². The van der Waals surface area contributed by atoms with Gasteiger partial charge in [0.2, 0.25) is 0 Å². The van der Waals surface area contributed by atoms with E-state index in [4.69, 9.17) is 5.11 Å². The van der Waals surface area contributed by atoms with Gasteiger partial charge in [-0.25, -0.2) is 0 Å². The highest BCUT2D eigenvalue weighted by Crippen LogP contribution is 2.30. The molecule has 2 atom stereocenters. The molecule has 0 aliphatic carbocycles. The molecule has 2 unspecified atom stereocenters. The zero-order chi connectivity index (χ0) is 12.3. The molecule has 0 saturated heterocycles. The van der Waals surface area contributed by atoms with Crippen molar-refractivity contribution in [3.05, 3.63) is 20.8 Å². The third kappa shape index (κ3) is 3.04. The maximum absolute atomic E-state index is 11.2. The van der Waals surface area contributed by atoms with Crippen molar-refractivity contribution in [1.82, 2.24) is 10.2 Å². The third-order valence-electron chi connectivity index (χ3n) is 2.33. The quantitative estimate of drug-likeness (QED) is 0.871. The standard InChI is InChI=1S/C10H15BrN2O2S/c1-12-8(10(14)15)9(13(2)3)7-4-6(11)5-16-7/h4-5,8-9,12H,1-3H3,(H,14,15). The van der Waals surface area contributed by atoms with Crippen molar-refractivity contribution >= 4 is 33.2 Å². The molecule has 6 heteroatoms. The van der Waals surface area contributed by atoms with E-state index >= 15 is 0 Å². The van der Waals surface area contributed by atoms with Crippen molar-refractivity contribution in [2.24, 2.45) is 0 Å². The second-order valence-electron chi connectivity index (χ2n) is 3.68. The number of aliphatic carboxylic acids is 1. The lowest BCUT2D eigenvalue weighted by molar-refractivity contribution is -0.141. The summed E-state index contributed by atoms with van der Waals surface area (Å²) in [6.07, 6.45) is 0. The second kappa shape index (κ2) is 5.77. The van der Waals surface area contributed by atoms with Gasteiger partial charge in [0.25, 0.3) is 0 Å². The summed E-state index contributed by atoms with van der Waals surface area (Å²) < 4.78 is 0.986. The molecule has 1 rings (SSSR count). The molecule has 2 N–H and O–H groups in total. The average molecular weight is 307 g/mol. The molecule has 16 heavy (non-hydrogen) atoms. The van der Waals surface area contributed by atoms with Gasteiger partial charge in [0.1, 0.15) is 6.04 Å². The minimum Gasteiger partial charge on any atom is -0.480 e. The Morgan fingerprint density at radius 3 is 2.56 bits per heavy atom. The first-order valence-electron chi connectivity index (χ1n) is 4.77. The molecule has 90 valence electrons. The molecule has 1 aromatic heterocycles. The van der Waals surface area contributed by atoms with Crippen LogP contribution in [-0.4, -0.2) is 43.2 Å². The Morgan fingerprint density at radius 1 is 1.62 bits per heavy atom. The van der Waals surface area contributed by atoms with E-state index in [9.17, 15) is 4.79 Å². The van der Waals surface area contributed by atoms with E-state index in [0.29, 0.717) is 0 Å². The summed E-state index contributed by atoms with van der Waals surface area (Å²) in [7, 11) is 5.43. The number of nitrogens with one attached hydrogen (secondary N) is 1. The van der Waals surface area contributed by atoms with Crippen molar-refractivity contribution in [3.63, 3.8) is 0 Å². The van der Waals surface area contributed by atoms with Crippen LogP contribution in [-0.2, 0) is 4.79 Å². The van der Waals surface area contributed by atoms with Crippen LogP contribution in [0.4, 0.5) is 0 Å². The predicted molar refractivity (Wildman–Crippen MR) is 68.9 cm³/mol. The number of thiophene rings is 1. The summed E-state index contributed by atoms with van der Waals surface area (Å²) in [6.45, 7) is 0. The molecule has 4 nitrogen and oxygen atoms in total.